The maximum atomic E-state index is 11.2. The lowest BCUT2D eigenvalue weighted by Crippen LogP contribution is -2.51. The molecular weight excluding hydrogens is 292 g/mol. The second-order valence-electron chi connectivity index (χ2n) is 6.01. The van der Waals surface area contributed by atoms with Crippen molar-refractivity contribution >= 4 is 11.9 Å². The van der Waals surface area contributed by atoms with Gasteiger partial charge in [0.05, 0.1) is 6.61 Å². The number of aliphatic imine (C=N–C) groups is 1. The fourth-order valence-electron chi connectivity index (χ4n) is 3.09. The van der Waals surface area contributed by atoms with E-state index in [2.05, 4.69) is 33.1 Å². The topological polar surface area (TPSA) is 74.8 Å². The smallest absolute Gasteiger partial charge is 0.220 e. The Morgan fingerprint density at radius 1 is 1.39 bits per heavy atom. The molecule has 2 heterocycles. The minimum Gasteiger partial charge on any atom is -0.493 e. The molecule has 6 nitrogen and oxygen atoms in total. The van der Waals surface area contributed by atoms with Crippen LogP contribution < -0.4 is 20.7 Å². The van der Waals surface area contributed by atoms with Gasteiger partial charge in [0.2, 0.25) is 5.91 Å². The van der Waals surface area contributed by atoms with Gasteiger partial charge >= 0.3 is 0 Å². The van der Waals surface area contributed by atoms with Gasteiger partial charge in [-0.15, -0.1) is 0 Å². The standard InChI is InChI=1S/C17H24N4O2/c1-18-17(21-13-6-7-16(22)19-11-13)20-10-12-8-9-23-15-5-3-2-4-14(12)15/h2-5,12-13H,6-11H2,1H3,(H,19,22)(H2,18,20,21). The maximum Gasteiger partial charge on any atom is 0.220 e. The lowest BCUT2D eigenvalue weighted by Gasteiger charge is -2.28. The number of rotatable bonds is 3. The van der Waals surface area contributed by atoms with Gasteiger partial charge in [-0.3, -0.25) is 9.79 Å². The van der Waals surface area contributed by atoms with Gasteiger partial charge in [0.15, 0.2) is 5.96 Å². The molecule has 1 saturated heterocycles. The van der Waals surface area contributed by atoms with Crippen molar-refractivity contribution in [2.75, 3.05) is 26.7 Å². The van der Waals surface area contributed by atoms with Crippen molar-refractivity contribution in [3.8, 4) is 5.75 Å². The first-order valence-electron chi connectivity index (χ1n) is 8.22. The number of hydrogen-bond donors (Lipinski definition) is 3. The Labute approximate surface area is 136 Å². The van der Waals surface area contributed by atoms with Gasteiger partial charge in [-0.1, -0.05) is 18.2 Å². The molecular formula is C17H24N4O2. The number of guanidine groups is 1. The van der Waals surface area contributed by atoms with Crippen LogP contribution in [0.5, 0.6) is 5.75 Å². The predicted octanol–water partition coefficient (Wildman–Crippen LogP) is 0.996. The first-order chi connectivity index (χ1) is 11.3. The van der Waals surface area contributed by atoms with E-state index in [0.29, 0.717) is 18.9 Å². The second-order valence-corrected chi connectivity index (χ2v) is 6.01. The third-order valence-corrected chi connectivity index (χ3v) is 4.43. The monoisotopic (exact) mass is 316 g/mol. The van der Waals surface area contributed by atoms with Crippen molar-refractivity contribution in [3.63, 3.8) is 0 Å². The van der Waals surface area contributed by atoms with Crippen molar-refractivity contribution in [2.24, 2.45) is 4.99 Å². The largest absolute Gasteiger partial charge is 0.493 e. The number of benzene rings is 1. The summed E-state index contributed by atoms with van der Waals surface area (Å²) in [6, 6.07) is 8.46. The summed E-state index contributed by atoms with van der Waals surface area (Å²) in [4.78, 5) is 15.5. The summed E-state index contributed by atoms with van der Waals surface area (Å²) < 4.78 is 5.70. The minimum absolute atomic E-state index is 0.129. The van der Waals surface area contributed by atoms with Crippen LogP contribution in [0.15, 0.2) is 29.3 Å². The zero-order chi connectivity index (χ0) is 16.1. The molecule has 2 unspecified atom stereocenters. The highest BCUT2D eigenvalue weighted by Gasteiger charge is 2.22. The van der Waals surface area contributed by atoms with Crippen molar-refractivity contribution in [3.05, 3.63) is 29.8 Å². The van der Waals surface area contributed by atoms with Crippen molar-refractivity contribution < 1.29 is 9.53 Å². The van der Waals surface area contributed by atoms with E-state index < -0.39 is 0 Å². The van der Waals surface area contributed by atoms with E-state index in [9.17, 15) is 4.79 Å². The predicted molar refractivity (Wildman–Crippen MR) is 89.8 cm³/mol. The van der Waals surface area contributed by atoms with Crippen LogP contribution in [-0.2, 0) is 4.79 Å². The summed E-state index contributed by atoms with van der Waals surface area (Å²) in [6.07, 6.45) is 2.41. The number of carbonyl (C=O) groups is 1. The molecule has 0 bridgehead atoms. The molecule has 0 aromatic heterocycles. The van der Waals surface area contributed by atoms with Crippen molar-refractivity contribution in [1.82, 2.24) is 16.0 Å². The summed E-state index contributed by atoms with van der Waals surface area (Å²) in [5.74, 6) is 2.33. The van der Waals surface area contributed by atoms with E-state index >= 15 is 0 Å². The number of hydrogen-bond acceptors (Lipinski definition) is 3. The molecule has 1 amide bonds. The SMILES string of the molecule is CN=C(NCC1CCOc2ccccc21)NC1CCC(=O)NC1. The molecule has 1 aromatic rings. The number of ether oxygens (including phenoxy) is 1. The van der Waals surface area contributed by atoms with E-state index in [1.807, 2.05) is 12.1 Å². The van der Waals surface area contributed by atoms with Crippen LogP contribution >= 0.6 is 0 Å². The molecule has 2 aliphatic heterocycles. The molecule has 124 valence electrons. The normalized spacial score (nSPS) is 24.2. The number of amides is 1. The van der Waals surface area contributed by atoms with E-state index in [4.69, 9.17) is 4.74 Å². The summed E-state index contributed by atoms with van der Waals surface area (Å²) in [6.45, 7) is 2.23. The summed E-state index contributed by atoms with van der Waals surface area (Å²) in [5.41, 5.74) is 1.26. The Bertz CT molecular complexity index is 578. The Morgan fingerprint density at radius 2 is 2.26 bits per heavy atom. The van der Waals surface area contributed by atoms with Crippen LogP contribution in [0.1, 0.15) is 30.7 Å². The highest BCUT2D eigenvalue weighted by Crippen LogP contribution is 2.32. The van der Waals surface area contributed by atoms with Gasteiger partial charge in [-0.25, -0.2) is 0 Å². The summed E-state index contributed by atoms with van der Waals surface area (Å²) in [5, 5.41) is 9.67. The third kappa shape index (κ3) is 3.94. The third-order valence-electron chi connectivity index (χ3n) is 4.43. The Morgan fingerprint density at radius 3 is 3.04 bits per heavy atom. The number of carbonyl (C=O) groups excluding carboxylic acids is 1. The molecule has 0 radical (unpaired) electrons. The molecule has 1 fully saturated rings. The number of nitrogens with one attached hydrogen (secondary N) is 3. The number of nitrogens with zero attached hydrogens (tertiary/aromatic N) is 1. The molecule has 0 spiro atoms. The van der Waals surface area contributed by atoms with Crippen molar-refractivity contribution in [2.45, 2.75) is 31.2 Å². The Hall–Kier alpha value is -2.24. The quantitative estimate of drug-likeness (QED) is 0.574. The molecule has 23 heavy (non-hydrogen) atoms. The average molecular weight is 316 g/mol. The van der Waals surface area contributed by atoms with Gasteiger partial charge in [0.25, 0.3) is 0 Å². The second kappa shape index (κ2) is 7.35. The van der Waals surface area contributed by atoms with Crippen LogP contribution in [0.2, 0.25) is 0 Å². The molecule has 0 aliphatic carbocycles. The highest BCUT2D eigenvalue weighted by atomic mass is 16.5. The molecule has 2 atom stereocenters. The van der Waals surface area contributed by atoms with E-state index in [0.717, 1.165) is 37.7 Å². The van der Waals surface area contributed by atoms with Crippen LogP contribution in [0, 0.1) is 0 Å². The molecule has 3 rings (SSSR count). The fourth-order valence-corrected chi connectivity index (χ4v) is 3.09. The minimum atomic E-state index is 0.129. The lowest BCUT2D eigenvalue weighted by atomic mass is 9.93. The number of fused-ring (bicyclic) bond motifs is 1. The zero-order valence-corrected chi connectivity index (χ0v) is 13.5. The number of para-hydroxylation sites is 1. The highest BCUT2D eigenvalue weighted by molar-refractivity contribution is 5.81. The Balaban J connectivity index is 1.54. The molecule has 0 saturated carbocycles. The van der Waals surface area contributed by atoms with Crippen LogP contribution in [0.25, 0.3) is 0 Å². The van der Waals surface area contributed by atoms with Crippen molar-refractivity contribution in [1.29, 1.82) is 0 Å². The molecule has 1 aromatic carbocycles. The van der Waals surface area contributed by atoms with E-state index in [-0.39, 0.29) is 11.9 Å². The Kier molecular flexibility index (Phi) is 5.00. The van der Waals surface area contributed by atoms with Gasteiger partial charge < -0.3 is 20.7 Å². The van der Waals surface area contributed by atoms with E-state index in [1.54, 1.807) is 7.05 Å². The maximum absolute atomic E-state index is 11.2. The fraction of sp³-hybridized carbons (Fsp3) is 0.529. The summed E-state index contributed by atoms with van der Waals surface area (Å²) in [7, 11) is 1.77. The zero-order valence-electron chi connectivity index (χ0n) is 13.5. The van der Waals surface area contributed by atoms with Gasteiger partial charge in [-0.05, 0) is 24.5 Å². The van der Waals surface area contributed by atoms with E-state index in [1.165, 1.54) is 5.56 Å². The van der Waals surface area contributed by atoms with Crippen LogP contribution in [-0.4, -0.2) is 44.7 Å². The van der Waals surface area contributed by atoms with Gasteiger partial charge in [-0.2, -0.15) is 0 Å². The molecule has 3 N–H and O–H groups in total. The molecule has 6 heteroatoms. The van der Waals surface area contributed by atoms with Crippen LogP contribution in [0.3, 0.4) is 0 Å². The number of piperidine rings is 1. The lowest BCUT2D eigenvalue weighted by molar-refractivity contribution is -0.122. The average Bonchev–Trinajstić information content (AvgIpc) is 2.60. The van der Waals surface area contributed by atoms with Crippen LogP contribution in [0.4, 0.5) is 0 Å². The summed E-state index contributed by atoms with van der Waals surface area (Å²) >= 11 is 0. The molecule has 2 aliphatic rings. The van der Waals surface area contributed by atoms with Gasteiger partial charge in [0, 0.05) is 38.5 Å². The first kappa shape index (κ1) is 15.6. The van der Waals surface area contributed by atoms with Gasteiger partial charge in [0.1, 0.15) is 5.75 Å². The first-order valence-corrected chi connectivity index (χ1v) is 8.22.